The number of halogens is 1. The van der Waals surface area contributed by atoms with Crippen LogP contribution in [0.15, 0.2) is 4.47 Å². The number of aromatic nitrogens is 2. The van der Waals surface area contributed by atoms with Crippen LogP contribution >= 0.6 is 15.9 Å². The van der Waals surface area contributed by atoms with E-state index in [0.717, 1.165) is 42.6 Å². The molecule has 0 amide bonds. The van der Waals surface area contributed by atoms with Gasteiger partial charge in [0.2, 0.25) is 0 Å². The van der Waals surface area contributed by atoms with Crippen LogP contribution in [0.25, 0.3) is 0 Å². The molecule has 90 valence electrons. The molecule has 0 aromatic carbocycles. The zero-order chi connectivity index (χ0) is 11.7. The van der Waals surface area contributed by atoms with Gasteiger partial charge in [0.25, 0.3) is 0 Å². The van der Waals surface area contributed by atoms with Crippen LogP contribution < -0.4 is 0 Å². The van der Waals surface area contributed by atoms with Gasteiger partial charge in [-0.3, -0.25) is 9.58 Å². The summed E-state index contributed by atoms with van der Waals surface area (Å²) in [7, 11) is 1.97. The molecule has 1 N–H and O–H groups in total. The lowest BCUT2D eigenvalue weighted by Crippen LogP contribution is -2.38. The van der Waals surface area contributed by atoms with Crippen molar-refractivity contribution < 1.29 is 5.11 Å². The lowest BCUT2D eigenvalue weighted by molar-refractivity contribution is 0.0655. The fourth-order valence-corrected chi connectivity index (χ4v) is 2.70. The molecule has 2 heterocycles. The second kappa shape index (κ2) is 4.85. The van der Waals surface area contributed by atoms with E-state index in [9.17, 15) is 5.11 Å². The fraction of sp³-hybridized carbons (Fsp3) is 0.727. The van der Waals surface area contributed by atoms with Gasteiger partial charge in [0, 0.05) is 20.1 Å². The molecule has 4 nitrogen and oxygen atoms in total. The molecule has 0 aliphatic carbocycles. The predicted octanol–water partition coefficient (Wildman–Crippen LogP) is 1.45. The van der Waals surface area contributed by atoms with Crippen molar-refractivity contribution in [1.82, 2.24) is 14.7 Å². The van der Waals surface area contributed by atoms with Crippen LogP contribution in [0.4, 0.5) is 0 Å². The maximum atomic E-state index is 9.63. The van der Waals surface area contributed by atoms with Crippen molar-refractivity contribution in [3.05, 3.63) is 15.9 Å². The minimum Gasteiger partial charge on any atom is -0.392 e. The first-order chi connectivity index (χ1) is 7.58. The molecule has 1 aliphatic heterocycles. The Labute approximate surface area is 104 Å². The largest absolute Gasteiger partial charge is 0.392 e. The highest BCUT2D eigenvalue weighted by Gasteiger charge is 2.20. The first kappa shape index (κ1) is 12.1. The SMILES string of the molecule is Cc1nn(C)c(CN2CCC[C@H](O)C2)c1Br. The summed E-state index contributed by atoms with van der Waals surface area (Å²) in [5, 5.41) is 14.0. The number of nitrogens with zero attached hydrogens (tertiary/aromatic N) is 3. The van der Waals surface area contributed by atoms with Crippen LogP contribution in [0.1, 0.15) is 24.2 Å². The number of piperidine rings is 1. The minimum atomic E-state index is -0.165. The average Bonchev–Trinajstić information content (AvgIpc) is 2.45. The molecule has 16 heavy (non-hydrogen) atoms. The molecule has 2 rings (SSSR count). The van der Waals surface area contributed by atoms with Crippen molar-refractivity contribution in [1.29, 1.82) is 0 Å². The highest BCUT2D eigenvalue weighted by atomic mass is 79.9. The third-order valence-electron chi connectivity index (χ3n) is 3.12. The standard InChI is InChI=1S/C11H18BrN3O/c1-8-11(12)10(14(2)13-8)7-15-5-3-4-9(16)6-15/h9,16H,3-7H2,1-2H3/t9-/m0/s1. The van der Waals surface area contributed by atoms with E-state index in [4.69, 9.17) is 0 Å². The normalized spacial score (nSPS) is 22.6. The number of hydrogen-bond acceptors (Lipinski definition) is 3. The Morgan fingerprint density at radius 2 is 2.31 bits per heavy atom. The maximum Gasteiger partial charge on any atom is 0.0739 e. The summed E-state index contributed by atoms with van der Waals surface area (Å²) >= 11 is 3.57. The Hall–Kier alpha value is -0.390. The summed E-state index contributed by atoms with van der Waals surface area (Å²) in [4.78, 5) is 2.29. The van der Waals surface area contributed by atoms with Gasteiger partial charge < -0.3 is 5.11 Å². The van der Waals surface area contributed by atoms with Crippen LogP contribution in [0.3, 0.4) is 0 Å². The van der Waals surface area contributed by atoms with Gasteiger partial charge in [0.15, 0.2) is 0 Å². The van der Waals surface area contributed by atoms with Crippen molar-refractivity contribution in [2.45, 2.75) is 32.4 Å². The number of hydrogen-bond donors (Lipinski definition) is 1. The summed E-state index contributed by atoms with van der Waals surface area (Å²) in [6.45, 7) is 4.69. The third kappa shape index (κ3) is 2.47. The van der Waals surface area contributed by atoms with Gasteiger partial charge in [-0.05, 0) is 42.2 Å². The number of aryl methyl sites for hydroxylation is 2. The van der Waals surface area contributed by atoms with E-state index in [1.54, 1.807) is 0 Å². The molecule has 0 bridgehead atoms. The average molecular weight is 288 g/mol. The van der Waals surface area contributed by atoms with Gasteiger partial charge in [0.1, 0.15) is 0 Å². The van der Waals surface area contributed by atoms with E-state index < -0.39 is 0 Å². The number of rotatable bonds is 2. The van der Waals surface area contributed by atoms with Gasteiger partial charge in [-0.2, -0.15) is 5.10 Å². The van der Waals surface area contributed by atoms with Crippen LogP contribution in [0.2, 0.25) is 0 Å². The minimum absolute atomic E-state index is 0.165. The topological polar surface area (TPSA) is 41.3 Å². The lowest BCUT2D eigenvalue weighted by atomic mass is 10.1. The molecule has 1 aromatic heterocycles. The summed E-state index contributed by atoms with van der Waals surface area (Å²) in [5.41, 5.74) is 2.21. The van der Waals surface area contributed by atoms with Crippen LogP contribution in [0.5, 0.6) is 0 Å². The van der Waals surface area contributed by atoms with Gasteiger partial charge in [-0.15, -0.1) is 0 Å². The first-order valence-electron chi connectivity index (χ1n) is 5.66. The van der Waals surface area contributed by atoms with Crippen molar-refractivity contribution >= 4 is 15.9 Å². The van der Waals surface area contributed by atoms with Crippen LogP contribution in [-0.4, -0.2) is 39.0 Å². The number of aliphatic hydroxyl groups is 1. The molecule has 1 atom stereocenters. The van der Waals surface area contributed by atoms with Crippen molar-refractivity contribution in [3.63, 3.8) is 0 Å². The Morgan fingerprint density at radius 3 is 2.88 bits per heavy atom. The van der Waals surface area contributed by atoms with E-state index in [1.807, 2.05) is 18.7 Å². The van der Waals surface area contributed by atoms with Crippen LogP contribution in [0, 0.1) is 6.92 Å². The quantitative estimate of drug-likeness (QED) is 0.895. The van der Waals surface area contributed by atoms with Gasteiger partial charge in [-0.1, -0.05) is 0 Å². The van der Waals surface area contributed by atoms with E-state index >= 15 is 0 Å². The third-order valence-corrected chi connectivity index (χ3v) is 4.15. The molecule has 0 unspecified atom stereocenters. The lowest BCUT2D eigenvalue weighted by Gasteiger charge is -2.29. The Kier molecular flexibility index (Phi) is 3.66. The van der Waals surface area contributed by atoms with E-state index in [-0.39, 0.29) is 6.10 Å². The predicted molar refractivity (Wildman–Crippen MR) is 66.2 cm³/mol. The van der Waals surface area contributed by atoms with Gasteiger partial charge in [0.05, 0.1) is 22.0 Å². The van der Waals surface area contributed by atoms with Crippen molar-refractivity contribution in [2.24, 2.45) is 7.05 Å². The molecular weight excluding hydrogens is 270 g/mol. The number of aliphatic hydroxyl groups excluding tert-OH is 1. The first-order valence-corrected chi connectivity index (χ1v) is 6.45. The zero-order valence-electron chi connectivity index (χ0n) is 9.78. The molecule has 1 saturated heterocycles. The number of β-amino-alcohol motifs (C(OH)–C–C–N with tert-alkyl or cyclic N) is 1. The second-order valence-electron chi connectivity index (χ2n) is 4.50. The molecular formula is C11H18BrN3O. The highest BCUT2D eigenvalue weighted by molar-refractivity contribution is 9.10. The maximum absolute atomic E-state index is 9.63. The van der Waals surface area contributed by atoms with Crippen molar-refractivity contribution in [3.8, 4) is 0 Å². The Morgan fingerprint density at radius 1 is 1.56 bits per heavy atom. The van der Waals surface area contributed by atoms with E-state index in [1.165, 1.54) is 5.69 Å². The second-order valence-corrected chi connectivity index (χ2v) is 5.29. The molecule has 1 fully saturated rings. The Balaban J connectivity index is 2.08. The summed E-state index contributed by atoms with van der Waals surface area (Å²) in [5.74, 6) is 0. The Bertz CT molecular complexity index is 378. The molecule has 0 radical (unpaired) electrons. The molecule has 0 spiro atoms. The summed E-state index contributed by atoms with van der Waals surface area (Å²) in [6.07, 6.45) is 1.85. The highest BCUT2D eigenvalue weighted by Crippen LogP contribution is 2.23. The fourth-order valence-electron chi connectivity index (χ4n) is 2.24. The zero-order valence-corrected chi connectivity index (χ0v) is 11.4. The summed E-state index contributed by atoms with van der Waals surface area (Å²) < 4.78 is 3.01. The number of likely N-dealkylation sites (tertiary alicyclic amines) is 1. The summed E-state index contributed by atoms with van der Waals surface area (Å²) in [6, 6.07) is 0. The molecule has 5 heteroatoms. The van der Waals surface area contributed by atoms with Gasteiger partial charge in [-0.25, -0.2) is 0 Å². The van der Waals surface area contributed by atoms with Crippen LogP contribution in [-0.2, 0) is 13.6 Å². The molecule has 0 saturated carbocycles. The smallest absolute Gasteiger partial charge is 0.0739 e. The van der Waals surface area contributed by atoms with E-state index in [2.05, 4.69) is 25.9 Å². The van der Waals surface area contributed by atoms with Gasteiger partial charge >= 0.3 is 0 Å². The van der Waals surface area contributed by atoms with Crippen molar-refractivity contribution in [2.75, 3.05) is 13.1 Å². The molecule has 1 aromatic rings. The monoisotopic (exact) mass is 287 g/mol. The van der Waals surface area contributed by atoms with E-state index in [0.29, 0.717) is 0 Å². The molecule has 1 aliphatic rings.